The van der Waals surface area contributed by atoms with Gasteiger partial charge in [0, 0.05) is 6.04 Å². The van der Waals surface area contributed by atoms with Crippen LogP contribution < -0.4 is 5.32 Å². The molecule has 1 aliphatic rings. The number of esters is 1. The fraction of sp³-hybridized carbons (Fsp3) is 0.889. The smallest absolute Gasteiger partial charge is 0.309 e. The third-order valence-electron chi connectivity index (χ3n) is 2.23. The molecule has 0 atom stereocenters. The summed E-state index contributed by atoms with van der Waals surface area (Å²) in [6.45, 7) is 3.76. The van der Waals surface area contributed by atoms with E-state index in [-0.39, 0.29) is 18.0 Å². The van der Waals surface area contributed by atoms with Crippen molar-refractivity contribution in [1.82, 2.24) is 5.32 Å². The average Bonchev–Trinajstić information content (AvgIpc) is 1.82. The molecule has 0 unspecified atom stereocenters. The Balaban J connectivity index is 2.19. The highest BCUT2D eigenvalue weighted by Gasteiger charge is 2.34. The van der Waals surface area contributed by atoms with Gasteiger partial charge in [0.25, 0.3) is 0 Å². The van der Waals surface area contributed by atoms with Crippen LogP contribution in [0.2, 0.25) is 0 Å². The van der Waals surface area contributed by atoms with E-state index >= 15 is 0 Å². The van der Waals surface area contributed by atoms with Crippen LogP contribution in [0.5, 0.6) is 0 Å². The maximum atomic E-state index is 11.2. The van der Waals surface area contributed by atoms with Gasteiger partial charge < -0.3 is 10.1 Å². The SMILES string of the molecule is CNC1CC(C(=O)OC(C)C)C1. The second-order valence-corrected chi connectivity index (χ2v) is 3.64. The van der Waals surface area contributed by atoms with E-state index in [1.807, 2.05) is 20.9 Å². The Morgan fingerprint density at radius 2 is 2.08 bits per heavy atom. The Bertz CT molecular complexity index is 162. The van der Waals surface area contributed by atoms with Crippen LogP contribution in [0, 0.1) is 5.92 Å². The van der Waals surface area contributed by atoms with Gasteiger partial charge in [-0.3, -0.25) is 4.79 Å². The van der Waals surface area contributed by atoms with Crippen LogP contribution in [0.3, 0.4) is 0 Å². The summed E-state index contributed by atoms with van der Waals surface area (Å²) in [7, 11) is 1.93. The van der Waals surface area contributed by atoms with E-state index in [9.17, 15) is 4.79 Å². The van der Waals surface area contributed by atoms with Gasteiger partial charge >= 0.3 is 5.97 Å². The van der Waals surface area contributed by atoms with Gasteiger partial charge in [0.2, 0.25) is 0 Å². The molecule has 0 aliphatic heterocycles. The topological polar surface area (TPSA) is 38.3 Å². The lowest BCUT2D eigenvalue weighted by Crippen LogP contribution is -2.43. The third-order valence-corrected chi connectivity index (χ3v) is 2.23. The standard InChI is InChI=1S/C9H17NO2/c1-6(2)12-9(11)7-4-8(5-7)10-3/h6-8,10H,4-5H2,1-3H3. The summed E-state index contributed by atoms with van der Waals surface area (Å²) < 4.78 is 5.08. The summed E-state index contributed by atoms with van der Waals surface area (Å²) in [5.41, 5.74) is 0. The van der Waals surface area contributed by atoms with E-state index < -0.39 is 0 Å². The number of carbonyl (C=O) groups excluding carboxylic acids is 1. The zero-order valence-electron chi connectivity index (χ0n) is 7.96. The normalized spacial score (nSPS) is 28.3. The van der Waals surface area contributed by atoms with Crippen molar-refractivity contribution in [2.75, 3.05) is 7.05 Å². The molecular weight excluding hydrogens is 154 g/mol. The largest absolute Gasteiger partial charge is 0.463 e. The lowest BCUT2D eigenvalue weighted by molar-refractivity contribution is -0.156. The van der Waals surface area contributed by atoms with Gasteiger partial charge in [-0.25, -0.2) is 0 Å². The van der Waals surface area contributed by atoms with E-state index in [0.29, 0.717) is 6.04 Å². The van der Waals surface area contributed by atoms with Crippen LogP contribution in [0.25, 0.3) is 0 Å². The minimum absolute atomic E-state index is 0.0196. The molecule has 12 heavy (non-hydrogen) atoms. The molecule has 0 saturated heterocycles. The van der Waals surface area contributed by atoms with Crippen molar-refractivity contribution in [3.05, 3.63) is 0 Å². The number of nitrogens with one attached hydrogen (secondary N) is 1. The molecule has 3 heteroatoms. The van der Waals surface area contributed by atoms with Gasteiger partial charge in [0.15, 0.2) is 0 Å². The minimum Gasteiger partial charge on any atom is -0.463 e. The maximum Gasteiger partial charge on any atom is 0.309 e. The van der Waals surface area contributed by atoms with E-state index in [1.165, 1.54) is 0 Å². The first-order chi connectivity index (χ1) is 5.63. The fourth-order valence-corrected chi connectivity index (χ4v) is 1.37. The zero-order valence-corrected chi connectivity index (χ0v) is 7.96. The first kappa shape index (κ1) is 9.52. The van der Waals surface area contributed by atoms with Gasteiger partial charge in [-0.2, -0.15) is 0 Å². The highest BCUT2D eigenvalue weighted by atomic mass is 16.5. The second-order valence-electron chi connectivity index (χ2n) is 3.64. The predicted octanol–water partition coefficient (Wildman–Crippen LogP) is 0.936. The van der Waals surface area contributed by atoms with Gasteiger partial charge in [0.05, 0.1) is 12.0 Å². The first-order valence-electron chi connectivity index (χ1n) is 4.51. The molecule has 0 aromatic heterocycles. The van der Waals surface area contributed by atoms with Gasteiger partial charge in [-0.15, -0.1) is 0 Å². The minimum atomic E-state index is -0.0310. The molecule has 3 nitrogen and oxygen atoms in total. The summed E-state index contributed by atoms with van der Waals surface area (Å²) >= 11 is 0. The molecule has 1 aliphatic carbocycles. The van der Waals surface area contributed by atoms with Crippen LogP contribution in [0.4, 0.5) is 0 Å². The molecule has 1 rings (SSSR count). The highest BCUT2D eigenvalue weighted by Crippen LogP contribution is 2.28. The van der Waals surface area contributed by atoms with Crippen LogP contribution in [-0.2, 0) is 9.53 Å². The number of rotatable bonds is 3. The molecule has 1 saturated carbocycles. The third kappa shape index (κ3) is 2.21. The first-order valence-corrected chi connectivity index (χ1v) is 4.51. The fourth-order valence-electron chi connectivity index (χ4n) is 1.37. The van der Waals surface area contributed by atoms with E-state index in [0.717, 1.165) is 12.8 Å². The molecular formula is C9H17NO2. The Hall–Kier alpha value is -0.570. The second kappa shape index (κ2) is 3.90. The summed E-state index contributed by atoms with van der Waals surface area (Å²) in [4.78, 5) is 11.2. The summed E-state index contributed by atoms with van der Waals surface area (Å²) in [5.74, 6) is 0.112. The van der Waals surface area contributed by atoms with Crippen LogP contribution in [-0.4, -0.2) is 25.2 Å². The number of carbonyl (C=O) groups is 1. The molecule has 70 valence electrons. The zero-order chi connectivity index (χ0) is 9.14. The summed E-state index contributed by atoms with van der Waals surface area (Å²) in [6.07, 6.45) is 1.88. The van der Waals surface area contributed by atoms with E-state index in [4.69, 9.17) is 4.74 Å². The number of ether oxygens (including phenoxy) is 1. The monoisotopic (exact) mass is 171 g/mol. The molecule has 0 aromatic rings. The van der Waals surface area contributed by atoms with Gasteiger partial charge in [0.1, 0.15) is 0 Å². The average molecular weight is 171 g/mol. The van der Waals surface area contributed by atoms with E-state index in [2.05, 4.69) is 5.32 Å². The van der Waals surface area contributed by atoms with E-state index in [1.54, 1.807) is 0 Å². The van der Waals surface area contributed by atoms with Crippen molar-refractivity contribution in [2.45, 2.75) is 38.8 Å². The lowest BCUT2D eigenvalue weighted by atomic mass is 9.80. The number of hydrogen-bond donors (Lipinski definition) is 1. The van der Waals surface area contributed by atoms with Crippen molar-refractivity contribution in [1.29, 1.82) is 0 Å². The van der Waals surface area contributed by atoms with Crippen molar-refractivity contribution in [3.8, 4) is 0 Å². The maximum absolute atomic E-state index is 11.2. The van der Waals surface area contributed by atoms with Crippen molar-refractivity contribution < 1.29 is 9.53 Å². The molecule has 0 aromatic carbocycles. The summed E-state index contributed by atoms with van der Waals surface area (Å²) in [5, 5.41) is 3.13. The van der Waals surface area contributed by atoms with Crippen LogP contribution in [0.15, 0.2) is 0 Å². The van der Waals surface area contributed by atoms with Crippen LogP contribution in [0.1, 0.15) is 26.7 Å². The molecule has 0 spiro atoms. The Kier molecular flexibility index (Phi) is 3.09. The Labute approximate surface area is 73.5 Å². The van der Waals surface area contributed by atoms with Crippen LogP contribution >= 0.6 is 0 Å². The molecule has 0 radical (unpaired) electrons. The Morgan fingerprint density at radius 3 is 2.50 bits per heavy atom. The molecule has 0 bridgehead atoms. The quantitative estimate of drug-likeness (QED) is 0.642. The van der Waals surface area contributed by atoms with Crippen molar-refractivity contribution in [3.63, 3.8) is 0 Å². The molecule has 0 amide bonds. The number of hydrogen-bond acceptors (Lipinski definition) is 3. The summed E-state index contributed by atoms with van der Waals surface area (Å²) in [6, 6.07) is 0.523. The lowest BCUT2D eigenvalue weighted by Gasteiger charge is -2.33. The van der Waals surface area contributed by atoms with Crippen molar-refractivity contribution in [2.24, 2.45) is 5.92 Å². The Morgan fingerprint density at radius 1 is 1.50 bits per heavy atom. The molecule has 1 N–H and O–H groups in total. The predicted molar refractivity (Wildman–Crippen MR) is 46.8 cm³/mol. The van der Waals surface area contributed by atoms with Gasteiger partial charge in [-0.05, 0) is 33.7 Å². The molecule has 1 fully saturated rings. The molecule has 0 heterocycles. The van der Waals surface area contributed by atoms with Gasteiger partial charge in [-0.1, -0.05) is 0 Å². The highest BCUT2D eigenvalue weighted by molar-refractivity contribution is 5.73. The van der Waals surface area contributed by atoms with Crippen molar-refractivity contribution >= 4 is 5.97 Å².